The zero-order valence-electron chi connectivity index (χ0n) is 16.6. The molecule has 0 aliphatic heterocycles. The van der Waals surface area contributed by atoms with Gasteiger partial charge in [0.05, 0.1) is 25.4 Å². The molecule has 0 bridgehead atoms. The molecule has 148 valence electrons. The Bertz CT molecular complexity index is 697. The molecule has 0 aliphatic rings. The molecule has 0 fully saturated rings. The van der Waals surface area contributed by atoms with Crippen LogP contribution >= 0.6 is 0 Å². The second-order valence-electron chi connectivity index (χ2n) is 7.72. The molecule has 5 heteroatoms. The molecular weight excluding hydrogens is 345 g/mol. The first-order valence-corrected chi connectivity index (χ1v) is 9.17. The quantitative estimate of drug-likeness (QED) is 0.719. The predicted molar refractivity (Wildman–Crippen MR) is 105 cm³/mol. The Kier molecular flexibility index (Phi) is 7.78. The summed E-state index contributed by atoms with van der Waals surface area (Å²) < 4.78 is 24.2. The van der Waals surface area contributed by atoms with E-state index in [4.69, 9.17) is 9.47 Å². The van der Waals surface area contributed by atoms with Crippen LogP contribution in [0.5, 0.6) is 5.75 Å². The van der Waals surface area contributed by atoms with Crippen molar-refractivity contribution in [3.63, 3.8) is 0 Å². The summed E-state index contributed by atoms with van der Waals surface area (Å²) in [6, 6.07) is 14.3. The van der Waals surface area contributed by atoms with Gasteiger partial charge in [-0.25, -0.2) is 4.39 Å². The van der Waals surface area contributed by atoms with Crippen molar-refractivity contribution in [3.8, 4) is 5.75 Å². The van der Waals surface area contributed by atoms with Crippen LogP contribution in [-0.2, 0) is 17.8 Å². The van der Waals surface area contributed by atoms with Crippen LogP contribution < -0.4 is 4.74 Å². The fraction of sp³-hybridized carbons (Fsp3) is 0.455. The Morgan fingerprint density at radius 2 is 1.70 bits per heavy atom. The lowest BCUT2D eigenvalue weighted by Crippen LogP contribution is -2.36. The van der Waals surface area contributed by atoms with E-state index in [0.717, 1.165) is 16.9 Å². The SMILES string of the molecule is COc1cccc(CN(Cc2ccc(F)cc2)CC(O)COC(C)(C)C)c1. The van der Waals surface area contributed by atoms with Crippen molar-refractivity contribution >= 4 is 0 Å². The molecule has 0 aromatic heterocycles. The van der Waals surface area contributed by atoms with Crippen LogP contribution in [-0.4, -0.2) is 42.0 Å². The van der Waals surface area contributed by atoms with Crippen molar-refractivity contribution in [2.24, 2.45) is 0 Å². The van der Waals surface area contributed by atoms with Gasteiger partial charge in [-0.05, 0) is 56.2 Å². The molecule has 2 aromatic rings. The van der Waals surface area contributed by atoms with Crippen LogP contribution in [0, 0.1) is 5.82 Å². The summed E-state index contributed by atoms with van der Waals surface area (Å²) in [6.07, 6.45) is -0.615. The second kappa shape index (κ2) is 9.83. The van der Waals surface area contributed by atoms with Gasteiger partial charge in [-0.3, -0.25) is 4.90 Å². The summed E-state index contributed by atoms with van der Waals surface area (Å²) >= 11 is 0. The minimum atomic E-state index is -0.615. The summed E-state index contributed by atoms with van der Waals surface area (Å²) in [5, 5.41) is 10.4. The number of aliphatic hydroxyl groups excluding tert-OH is 1. The van der Waals surface area contributed by atoms with Gasteiger partial charge >= 0.3 is 0 Å². The molecule has 0 spiro atoms. The zero-order valence-corrected chi connectivity index (χ0v) is 16.6. The first kappa shape index (κ1) is 21.4. The van der Waals surface area contributed by atoms with Gasteiger partial charge < -0.3 is 14.6 Å². The smallest absolute Gasteiger partial charge is 0.123 e. The van der Waals surface area contributed by atoms with Crippen LogP contribution in [0.2, 0.25) is 0 Å². The molecular formula is C22H30FNO3. The Morgan fingerprint density at radius 3 is 2.33 bits per heavy atom. The van der Waals surface area contributed by atoms with Crippen molar-refractivity contribution < 1.29 is 19.0 Å². The Balaban J connectivity index is 2.07. The number of methoxy groups -OCH3 is 1. The monoisotopic (exact) mass is 375 g/mol. The number of hydrogen-bond donors (Lipinski definition) is 1. The highest BCUT2D eigenvalue weighted by Crippen LogP contribution is 2.17. The maximum Gasteiger partial charge on any atom is 0.123 e. The Labute approximate surface area is 161 Å². The van der Waals surface area contributed by atoms with Gasteiger partial charge in [0.2, 0.25) is 0 Å². The van der Waals surface area contributed by atoms with Gasteiger partial charge in [-0.1, -0.05) is 24.3 Å². The molecule has 1 unspecified atom stereocenters. The second-order valence-corrected chi connectivity index (χ2v) is 7.72. The summed E-state index contributed by atoms with van der Waals surface area (Å²) in [6.45, 7) is 7.85. The minimum Gasteiger partial charge on any atom is -0.497 e. The summed E-state index contributed by atoms with van der Waals surface area (Å²) in [5.41, 5.74) is 1.78. The van der Waals surface area contributed by atoms with Crippen LogP contribution in [0.4, 0.5) is 4.39 Å². The minimum absolute atomic E-state index is 0.253. The molecule has 0 saturated heterocycles. The largest absolute Gasteiger partial charge is 0.497 e. The van der Waals surface area contributed by atoms with Gasteiger partial charge in [0, 0.05) is 19.6 Å². The maximum absolute atomic E-state index is 13.2. The lowest BCUT2D eigenvalue weighted by atomic mass is 10.1. The zero-order chi connectivity index (χ0) is 19.9. The third-order valence-electron chi connectivity index (χ3n) is 4.04. The molecule has 0 heterocycles. The van der Waals surface area contributed by atoms with E-state index in [1.54, 1.807) is 19.2 Å². The van der Waals surface area contributed by atoms with Gasteiger partial charge in [0.25, 0.3) is 0 Å². The van der Waals surface area contributed by atoms with Crippen molar-refractivity contribution in [1.82, 2.24) is 4.90 Å². The lowest BCUT2D eigenvalue weighted by molar-refractivity contribution is -0.0572. The van der Waals surface area contributed by atoms with Gasteiger partial charge in [0.1, 0.15) is 11.6 Å². The van der Waals surface area contributed by atoms with Crippen molar-refractivity contribution in [2.45, 2.75) is 45.6 Å². The number of ether oxygens (including phenoxy) is 2. The van der Waals surface area contributed by atoms with Crippen molar-refractivity contribution in [3.05, 3.63) is 65.5 Å². The van der Waals surface area contributed by atoms with Gasteiger partial charge in [-0.2, -0.15) is 0 Å². The molecule has 27 heavy (non-hydrogen) atoms. The third kappa shape index (κ3) is 8.08. The highest BCUT2D eigenvalue weighted by atomic mass is 19.1. The summed E-state index contributed by atoms with van der Waals surface area (Å²) in [4.78, 5) is 2.12. The third-order valence-corrected chi connectivity index (χ3v) is 4.04. The number of halogens is 1. The predicted octanol–water partition coefficient (Wildman–Crippen LogP) is 4.01. The molecule has 1 N–H and O–H groups in total. The standard InChI is InChI=1S/C22H30FNO3/c1-22(2,3)27-16-20(25)15-24(13-17-8-10-19(23)11-9-17)14-18-6-5-7-21(12-18)26-4/h5-12,20,25H,13-16H2,1-4H3. The molecule has 1 atom stereocenters. The first-order valence-electron chi connectivity index (χ1n) is 9.17. The highest BCUT2D eigenvalue weighted by Gasteiger charge is 2.17. The topological polar surface area (TPSA) is 41.9 Å². The van der Waals surface area contributed by atoms with E-state index in [1.807, 2.05) is 45.0 Å². The van der Waals surface area contributed by atoms with E-state index in [1.165, 1.54) is 12.1 Å². The number of hydrogen-bond acceptors (Lipinski definition) is 4. The fourth-order valence-electron chi connectivity index (χ4n) is 2.76. The normalized spacial score (nSPS) is 13.0. The maximum atomic E-state index is 13.2. The summed E-state index contributed by atoms with van der Waals surface area (Å²) in [5.74, 6) is 0.544. The Hall–Kier alpha value is -1.95. The van der Waals surface area contributed by atoms with Crippen molar-refractivity contribution in [2.75, 3.05) is 20.3 Å². The first-order chi connectivity index (χ1) is 12.7. The van der Waals surface area contributed by atoms with Gasteiger partial charge in [0.15, 0.2) is 0 Å². The van der Waals surface area contributed by atoms with E-state index < -0.39 is 6.10 Å². The van der Waals surface area contributed by atoms with Crippen LogP contribution in [0.1, 0.15) is 31.9 Å². The van der Waals surface area contributed by atoms with Crippen molar-refractivity contribution in [1.29, 1.82) is 0 Å². The lowest BCUT2D eigenvalue weighted by Gasteiger charge is -2.27. The number of benzene rings is 2. The average Bonchev–Trinajstić information content (AvgIpc) is 2.61. The molecule has 2 aromatic carbocycles. The van der Waals surface area contributed by atoms with Gasteiger partial charge in [-0.15, -0.1) is 0 Å². The molecule has 0 saturated carbocycles. The molecule has 2 rings (SSSR count). The van der Waals surface area contributed by atoms with E-state index in [-0.39, 0.29) is 18.0 Å². The van der Waals surface area contributed by atoms with Crippen LogP contribution in [0.3, 0.4) is 0 Å². The molecule has 0 amide bonds. The summed E-state index contributed by atoms with van der Waals surface area (Å²) in [7, 11) is 1.64. The number of rotatable bonds is 9. The number of aliphatic hydroxyl groups is 1. The van der Waals surface area contributed by atoms with Crippen LogP contribution in [0.15, 0.2) is 48.5 Å². The fourth-order valence-corrected chi connectivity index (χ4v) is 2.76. The average molecular weight is 375 g/mol. The molecule has 4 nitrogen and oxygen atoms in total. The number of nitrogens with zero attached hydrogens (tertiary/aromatic N) is 1. The molecule has 0 aliphatic carbocycles. The van der Waals surface area contributed by atoms with E-state index >= 15 is 0 Å². The molecule has 0 radical (unpaired) electrons. The Morgan fingerprint density at radius 1 is 1.04 bits per heavy atom. The van der Waals surface area contributed by atoms with E-state index in [0.29, 0.717) is 19.6 Å². The van der Waals surface area contributed by atoms with Crippen LogP contribution in [0.25, 0.3) is 0 Å². The van der Waals surface area contributed by atoms with E-state index in [9.17, 15) is 9.50 Å². The van der Waals surface area contributed by atoms with E-state index in [2.05, 4.69) is 4.90 Å². The highest BCUT2D eigenvalue weighted by molar-refractivity contribution is 5.28.